The molecule has 0 radical (unpaired) electrons. The molecule has 0 heterocycles. The highest BCUT2D eigenvalue weighted by Crippen LogP contribution is 2.27. The highest BCUT2D eigenvalue weighted by Gasteiger charge is 2.16. The maximum Gasteiger partial charge on any atom is 0.255 e. The first-order valence-electron chi connectivity index (χ1n) is 9.96. The zero-order valence-corrected chi connectivity index (χ0v) is 18.9. The van der Waals surface area contributed by atoms with Crippen molar-refractivity contribution in [3.8, 4) is 5.75 Å². The summed E-state index contributed by atoms with van der Waals surface area (Å²) in [5.74, 6) is 0.338. The van der Waals surface area contributed by atoms with Crippen LogP contribution in [0.2, 0.25) is 0 Å². The van der Waals surface area contributed by atoms with E-state index in [1.165, 1.54) is 11.8 Å². The van der Waals surface area contributed by atoms with Crippen LogP contribution in [0.15, 0.2) is 71.6 Å². The number of nitrogens with one attached hydrogen (secondary N) is 2. The normalized spacial score (nSPS) is 11.5. The summed E-state index contributed by atoms with van der Waals surface area (Å²) in [6.45, 7) is 5.87. The SMILES string of the molecule is COc1cccc(C(=O)Nc2cccc(SC(C)C(=O)Nc3ccc(C)cc3C)c2)c1. The Kier molecular flexibility index (Phi) is 7.36. The van der Waals surface area contributed by atoms with E-state index in [4.69, 9.17) is 4.74 Å². The Labute approximate surface area is 187 Å². The molecule has 2 N–H and O–H groups in total. The molecule has 0 spiro atoms. The van der Waals surface area contributed by atoms with E-state index in [0.29, 0.717) is 17.0 Å². The van der Waals surface area contributed by atoms with Crippen LogP contribution in [0.5, 0.6) is 5.75 Å². The van der Waals surface area contributed by atoms with E-state index < -0.39 is 0 Å². The molecular formula is C25H26N2O3S. The number of methoxy groups -OCH3 is 1. The van der Waals surface area contributed by atoms with E-state index in [0.717, 1.165) is 21.7 Å². The summed E-state index contributed by atoms with van der Waals surface area (Å²) in [6.07, 6.45) is 0. The maximum absolute atomic E-state index is 12.6. The van der Waals surface area contributed by atoms with Crippen molar-refractivity contribution >= 4 is 35.0 Å². The molecule has 3 rings (SSSR count). The molecule has 3 aromatic carbocycles. The fourth-order valence-electron chi connectivity index (χ4n) is 3.06. The van der Waals surface area contributed by atoms with Gasteiger partial charge in [-0.25, -0.2) is 0 Å². The zero-order chi connectivity index (χ0) is 22.4. The highest BCUT2D eigenvalue weighted by atomic mass is 32.2. The predicted octanol–water partition coefficient (Wildman–Crippen LogP) is 5.68. The van der Waals surface area contributed by atoms with Crippen LogP contribution in [0.25, 0.3) is 0 Å². The van der Waals surface area contributed by atoms with Gasteiger partial charge in [0.1, 0.15) is 5.75 Å². The van der Waals surface area contributed by atoms with Gasteiger partial charge in [-0.1, -0.05) is 29.8 Å². The molecule has 3 aromatic rings. The number of carbonyl (C=O) groups excluding carboxylic acids is 2. The lowest BCUT2D eigenvalue weighted by atomic mass is 10.1. The Hall–Kier alpha value is -3.25. The van der Waals surface area contributed by atoms with E-state index in [-0.39, 0.29) is 17.1 Å². The van der Waals surface area contributed by atoms with E-state index in [9.17, 15) is 9.59 Å². The van der Waals surface area contributed by atoms with Crippen molar-refractivity contribution in [1.82, 2.24) is 0 Å². The van der Waals surface area contributed by atoms with Gasteiger partial charge in [0, 0.05) is 21.8 Å². The standard InChI is InChI=1S/C25H26N2O3S/c1-16-11-12-23(17(2)13-16)27-24(28)18(3)31-22-10-6-8-20(15-22)26-25(29)19-7-5-9-21(14-19)30-4/h5-15,18H,1-4H3,(H,26,29)(H,27,28). The number of hydrogen-bond acceptors (Lipinski definition) is 4. The Morgan fingerprint density at radius 2 is 1.71 bits per heavy atom. The molecule has 0 aromatic heterocycles. The molecule has 0 saturated heterocycles. The molecule has 160 valence electrons. The van der Waals surface area contributed by atoms with E-state index in [1.807, 2.05) is 63.2 Å². The van der Waals surface area contributed by atoms with Crippen molar-refractivity contribution in [3.05, 3.63) is 83.4 Å². The van der Waals surface area contributed by atoms with E-state index in [2.05, 4.69) is 10.6 Å². The van der Waals surface area contributed by atoms with Gasteiger partial charge < -0.3 is 15.4 Å². The van der Waals surface area contributed by atoms with Crippen LogP contribution >= 0.6 is 11.8 Å². The molecule has 31 heavy (non-hydrogen) atoms. The molecule has 0 aliphatic carbocycles. The van der Waals surface area contributed by atoms with Crippen LogP contribution in [-0.4, -0.2) is 24.2 Å². The zero-order valence-electron chi connectivity index (χ0n) is 18.1. The van der Waals surface area contributed by atoms with Gasteiger partial charge in [0.05, 0.1) is 12.4 Å². The van der Waals surface area contributed by atoms with Crippen molar-refractivity contribution in [2.24, 2.45) is 0 Å². The summed E-state index contributed by atoms with van der Waals surface area (Å²) in [4.78, 5) is 26.1. The number of benzene rings is 3. The minimum Gasteiger partial charge on any atom is -0.497 e. The van der Waals surface area contributed by atoms with Crippen LogP contribution < -0.4 is 15.4 Å². The summed E-state index contributed by atoms with van der Waals surface area (Å²) >= 11 is 1.44. The summed E-state index contributed by atoms with van der Waals surface area (Å²) in [5, 5.41) is 5.59. The number of ether oxygens (including phenoxy) is 1. The number of hydrogen-bond donors (Lipinski definition) is 2. The average Bonchev–Trinajstić information content (AvgIpc) is 2.75. The largest absolute Gasteiger partial charge is 0.497 e. The molecule has 0 aliphatic rings. The molecule has 2 amide bonds. The van der Waals surface area contributed by atoms with Gasteiger partial charge in [0.15, 0.2) is 0 Å². The first-order chi connectivity index (χ1) is 14.9. The summed E-state index contributed by atoms with van der Waals surface area (Å²) in [7, 11) is 1.56. The second kappa shape index (κ2) is 10.2. The van der Waals surface area contributed by atoms with Gasteiger partial charge in [0.2, 0.25) is 5.91 Å². The summed E-state index contributed by atoms with van der Waals surface area (Å²) in [5.41, 5.74) is 4.19. The van der Waals surface area contributed by atoms with Crippen LogP contribution in [-0.2, 0) is 4.79 Å². The number of carbonyl (C=O) groups is 2. The van der Waals surface area contributed by atoms with E-state index in [1.54, 1.807) is 31.4 Å². The topological polar surface area (TPSA) is 67.4 Å². The molecule has 0 bridgehead atoms. The predicted molar refractivity (Wildman–Crippen MR) is 127 cm³/mol. The maximum atomic E-state index is 12.6. The summed E-state index contributed by atoms with van der Waals surface area (Å²) in [6, 6.07) is 20.4. The summed E-state index contributed by atoms with van der Waals surface area (Å²) < 4.78 is 5.17. The number of aryl methyl sites for hydroxylation is 2. The molecular weight excluding hydrogens is 408 g/mol. The van der Waals surface area contributed by atoms with Crippen LogP contribution in [0, 0.1) is 13.8 Å². The second-order valence-corrected chi connectivity index (χ2v) is 8.70. The third-order valence-corrected chi connectivity index (χ3v) is 5.84. The fourth-order valence-corrected chi connectivity index (χ4v) is 3.99. The number of rotatable bonds is 7. The Morgan fingerprint density at radius 3 is 2.45 bits per heavy atom. The van der Waals surface area contributed by atoms with Gasteiger partial charge in [-0.15, -0.1) is 11.8 Å². The lowest BCUT2D eigenvalue weighted by Crippen LogP contribution is -2.22. The number of amides is 2. The first kappa shape index (κ1) is 22.4. The van der Waals surface area contributed by atoms with Gasteiger partial charge >= 0.3 is 0 Å². The molecule has 1 atom stereocenters. The van der Waals surface area contributed by atoms with Gasteiger partial charge in [-0.3, -0.25) is 9.59 Å². The second-order valence-electron chi connectivity index (χ2n) is 7.28. The van der Waals surface area contributed by atoms with Crippen LogP contribution in [0.3, 0.4) is 0 Å². The molecule has 0 saturated carbocycles. The molecule has 5 nitrogen and oxygen atoms in total. The van der Waals surface area contributed by atoms with Crippen molar-refractivity contribution in [2.75, 3.05) is 17.7 Å². The highest BCUT2D eigenvalue weighted by molar-refractivity contribution is 8.00. The van der Waals surface area contributed by atoms with E-state index >= 15 is 0 Å². The van der Waals surface area contributed by atoms with Crippen molar-refractivity contribution in [2.45, 2.75) is 30.9 Å². The van der Waals surface area contributed by atoms with Crippen LogP contribution in [0.1, 0.15) is 28.4 Å². The average molecular weight is 435 g/mol. The minimum atomic E-state index is -0.301. The Morgan fingerprint density at radius 1 is 0.935 bits per heavy atom. The quantitative estimate of drug-likeness (QED) is 0.469. The lowest BCUT2D eigenvalue weighted by molar-refractivity contribution is -0.115. The molecule has 0 aliphatic heterocycles. The molecule has 1 unspecified atom stereocenters. The number of thioether (sulfide) groups is 1. The third-order valence-electron chi connectivity index (χ3n) is 4.75. The smallest absolute Gasteiger partial charge is 0.255 e. The first-order valence-corrected chi connectivity index (χ1v) is 10.8. The molecule has 0 fully saturated rings. The van der Waals surface area contributed by atoms with Gasteiger partial charge in [0.25, 0.3) is 5.91 Å². The lowest BCUT2D eigenvalue weighted by Gasteiger charge is -2.14. The number of anilines is 2. The van der Waals surface area contributed by atoms with Gasteiger partial charge in [-0.2, -0.15) is 0 Å². The van der Waals surface area contributed by atoms with Crippen molar-refractivity contribution in [3.63, 3.8) is 0 Å². The van der Waals surface area contributed by atoms with Crippen molar-refractivity contribution < 1.29 is 14.3 Å². The fraction of sp³-hybridized carbons (Fsp3) is 0.200. The Bertz CT molecular complexity index is 1100. The minimum absolute atomic E-state index is 0.0669. The van der Waals surface area contributed by atoms with Crippen LogP contribution in [0.4, 0.5) is 11.4 Å². The molecule has 6 heteroatoms. The Balaban J connectivity index is 1.64. The van der Waals surface area contributed by atoms with Crippen molar-refractivity contribution in [1.29, 1.82) is 0 Å². The van der Waals surface area contributed by atoms with Gasteiger partial charge in [-0.05, 0) is 68.8 Å². The third kappa shape index (κ3) is 6.12. The monoisotopic (exact) mass is 434 g/mol.